The summed E-state index contributed by atoms with van der Waals surface area (Å²) < 4.78 is 4.95. The van der Waals surface area contributed by atoms with Gasteiger partial charge in [0.15, 0.2) is 5.57 Å². The molecule has 16 heavy (non-hydrogen) atoms. The molecular formula is C12H18N2O2. The van der Waals surface area contributed by atoms with Crippen LogP contribution >= 0.6 is 0 Å². The third kappa shape index (κ3) is 3.93. The Labute approximate surface area is 96.3 Å². The average molecular weight is 222 g/mol. The minimum absolute atomic E-state index is 0.0485. The highest BCUT2D eigenvalue weighted by Gasteiger charge is 2.18. The third-order valence-corrected chi connectivity index (χ3v) is 2.67. The largest absolute Gasteiger partial charge is 0.500 e. The molecule has 0 atom stereocenters. The van der Waals surface area contributed by atoms with Crippen LogP contribution in [-0.4, -0.2) is 18.6 Å². The summed E-state index contributed by atoms with van der Waals surface area (Å²) >= 11 is 0. The van der Waals surface area contributed by atoms with Crippen LogP contribution in [0.25, 0.3) is 0 Å². The van der Waals surface area contributed by atoms with Crippen molar-refractivity contribution >= 4 is 5.91 Å². The summed E-state index contributed by atoms with van der Waals surface area (Å²) in [5.74, 6) is -0.317. The second-order valence-corrected chi connectivity index (χ2v) is 3.91. The van der Waals surface area contributed by atoms with Crippen LogP contribution in [-0.2, 0) is 9.53 Å². The van der Waals surface area contributed by atoms with E-state index in [1.54, 1.807) is 0 Å². The summed E-state index contributed by atoms with van der Waals surface area (Å²) in [6, 6.07) is 2.07. The highest BCUT2D eigenvalue weighted by Crippen LogP contribution is 2.17. The first kappa shape index (κ1) is 12.6. The van der Waals surface area contributed by atoms with E-state index in [1.165, 1.54) is 12.7 Å². The molecule has 0 spiro atoms. The molecule has 0 heterocycles. The second-order valence-electron chi connectivity index (χ2n) is 3.91. The molecule has 0 bridgehead atoms. The molecule has 1 aliphatic carbocycles. The number of hydrogen-bond acceptors (Lipinski definition) is 3. The van der Waals surface area contributed by atoms with Gasteiger partial charge in [-0.2, -0.15) is 5.26 Å². The van der Waals surface area contributed by atoms with Gasteiger partial charge in [0.25, 0.3) is 5.91 Å². The van der Waals surface area contributed by atoms with E-state index < -0.39 is 0 Å². The molecular weight excluding hydrogens is 204 g/mol. The van der Waals surface area contributed by atoms with E-state index in [0.29, 0.717) is 6.61 Å². The van der Waals surface area contributed by atoms with Gasteiger partial charge in [-0.25, -0.2) is 0 Å². The zero-order chi connectivity index (χ0) is 11.8. The molecule has 88 valence electrons. The van der Waals surface area contributed by atoms with Crippen LogP contribution in [0.15, 0.2) is 11.8 Å². The number of nitrogens with zero attached hydrogens (tertiary/aromatic N) is 1. The summed E-state index contributed by atoms with van der Waals surface area (Å²) in [5, 5.41) is 11.7. The summed E-state index contributed by atoms with van der Waals surface area (Å²) in [5.41, 5.74) is 0.0485. The zero-order valence-corrected chi connectivity index (χ0v) is 9.66. The van der Waals surface area contributed by atoms with Crippen LogP contribution in [0.2, 0.25) is 0 Å². The van der Waals surface area contributed by atoms with Gasteiger partial charge in [-0.05, 0) is 19.8 Å². The molecule has 1 saturated carbocycles. The van der Waals surface area contributed by atoms with Gasteiger partial charge >= 0.3 is 0 Å². The second kappa shape index (κ2) is 6.89. The molecule has 1 N–H and O–H groups in total. The van der Waals surface area contributed by atoms with Gasteiger partial charge in [0.05, 0.1) is 6.61 Å². The van der Waals surface area contributed by atoms with Crippen molar-refractivity contribution in [1.82, 2.24) is 5.32 Å². The molecule has 4 heteroatoms. The number of ether oxygens (including phenoxy) is 1. The Morgan fingerprint density at radius 3 is 2.75 bits per heavy atom. The molecule has 4 nitrogen and oxygen atoms in total. The smallest absolute Gasteiger partial charge is 0.265 e. The molecule has 1 fully saturated rings. The number of amides is 1. The van der Waals surface area contributed by atoms with Gasteiger partial charge in [-0.3, -0.25) is 4.79 Å². The van der Waals surface area contributed by atoms with Crippen molar-refractivity contribution in [2.45, 2.75) is 45.1 Å². The first-order chi connectivity index (χ1) is 7.77. The van der Waals surface area contributed by atoms with Gasteiger partial charge in [-0.1, -0.05) is 19.3 Å². The molecule has 1 rings (SSSR count). The summed E-state index contributed by atoms with van der Waals surface area (Å²) in [6.45, 7) is 2.27. The molecule has 0 aliphatic heterocycles. The number of rotatable bonds is 4. The number of nitriles is 1. The standard InChI is InChI=1S/C12H18N2O2/c1-2-16-9-10(8-13)12(15)14-11-6-4-3-5-7-11/h9,11H,2-7H2,1H3,(H,14,15)/b10-9+. The van der Waals surface area contributed by atoms with E-state index in [1.807, 2.05) is 13.0 Å². The molecule has 0 aromatic carbocycles. The molecule has 0 saturated heterocycles. The van der Waals surface area contributed by atoms with E-state index >= 15 is 0 Å². The molecule has 0 aromatic heterocycles. The van der Waals surface area contributed by atoms with Gasteiger partial charge in [0, 0.05) is 6.04 Å². The maximum Gasteiger partial charge on any atom is 0.265 e. The quantitative estimate of drug-likeness (QED) is 0.449. The van der Waals surface area contributed by atoms with Crippen molar-refractivity contribution < 1.29 is 9.53 Å². The van der Waals surface area contributed by atoms with E-state index in [9.17, 15) is 4.79 Å². The molecule has 0 radical (unpaired) electrons. The number of hydrogen-bond donors (Lipinski definition) is 1. The predicted molar refractivity (Wildman–Crippen MR) is 60.3 cm³/mol. The van der Waals surface area contributed by atoms with Crippen LogP contribution in [0.4, 0.5) is 0 Å². The Balaban J connectivity index is 2.46. The zero-order valence-electron chi connectivity index (χ0n) is 9.66. The lowest BCUT2D eigenvalue weighted by Crippen LogP contribution is -2.36. The highest BCUT2D eigenvalue weighted by atomic mass is 16.5. The van der Waals surface area contributed by atoms with Crippen LogP contribution in [0.5, 0.6) is 0 Å². The van der Waals surface area contributed by atoms with E-state index in [0.717, 1.165) is 25.7 Å². The van der Waals surface area contributed by atoms with Gasteiger partial charge in [0.2, 0.25) is 0 Å². The Hall–Kier alpha value is -1.50. The maximum absolute atomic E-state index is 11.7. The summed E-state index contributed by atoms with van der Waals surface area (Å²) in [7, 11) is 0. The van der Waals surface area contributed by atoms with Crippen molar-refractivity contribution in [2.24, 2.45) is 0 Å². The lowest BCUT2D eigenvalue weighted by molar-refractivity contribution is -0.118. The van der Waals surface area contributed by atoms with Crippen LogP contribution in [0, 0.1) is 11.3 Å². The Bertz CT molecular complexity index is 299. The van der Waals surface area contributed by atoms with Crippen LogP contribution in [0.3, 0.4) is 0 Å². The molecule has 0 aromatic rings. The van der Waals surface area contributed by atoms with Gasteiger partial charge in [0.1, 0.15) is 12.3 Å². The van der Waals surface area contributed by atoms with Crippen LogP contribution < -0.4 is 5.32 Å². The first-order valence-corrected chi connectivity index (χ1v) is 5.80. The molecule has 1 aliphatic rings. The highest BCUT2D eigenvalue weighted by molar-refractivity contribution is 5.97. The summed E-state index contributed by atoms with van der Waals surface area (Å²) in [4.78, 5) is 11.7. The van der Waals surface area contributed by atoms with Crippen molar-refractivity contribution in [3.63, 3.8) is 0 Å². The van der Waals surface area contributed by atoms with E-state index in [4.69, 9.17) is 10.00 Å². The lowest BCUT2D eigenvalue weighted by Gasteiger charge is -2.22. The monoisotopic (exact) mass is 222 g/mol. The predicted octanol–water partition coefficient (Wildman–Crippen LogP) is 1.88. The van der Waals surface area contributed by atoms with Crippen molar-refractivity contribution in [2.75, 3.05) is 6.61 Å². The molecule has 1 amide bonds. The number of nitrogens with one attached hydrogen (secondary N) is 1. The topological polar surface area (TPSA) is 62.1 Å². The Morgan fingerprint density at radius 1 is 1.50 bits per heavy atom. The minimum Gasteiger partial charge on any atom is -0.500 e. The van der Waals surface area contributed by atoms with Gasteiger partial charge in [-0.15, -0.1) is 0 Å². The fourth-order valence-electron chi connectivity index (χ4n) is 1.81. The fourth-order valence-corrected chi connectivity index (χ4v) is 1.81. The SMILES string of the molecule is CCO/C=C(\C#N)C(=O)NC1CCCCC1. The first-order valence-electron chi connectivity index (χ1n) is 5.80. The third-order valence-electron chi connectivity index (χ3n) is 2.67. The van der Waals surface area contributed by atoms with Crippen molar-refractivity contribution in [1.29, 1.82) is 5.26 Å². The lowest BCUT2D eigenvalue weighted by atomic mass is 9.95. The average Bonchev–Trinajstić information content (AvgIpc) is 2.31. The summed E-state index contributed by atoms with van der Waals surface area (Å²) in [6.07, 6.45) is 6.81. The fraction of sp³-hybridized carbons (Fsp3) is 0.667. The minimum atomic E-state index is -0.317. The van der Waals surface area contributed by atoms with Gasteiger partial charge < -0.3 is 10.1 Å². The van der Waals surface area contributed by atoms with Crippen molar-refractivity contribution in [3.8, 4) is 6.07 Å². The molecule has 0 unspecified atom stereocenters. The Morgan fingerprint density at radius 2 is 2.19 bits per heavy atom. The number of carbonyl (C=O) groups is 1. The van der Waals surface area contributed by atoms with Crippen LogP contribution in [0.1, 0.15) is 39.0 Å². The Kier molecular flexibility index (Phi) is 5.41. The number of carbonyl (C=O) groups excluding carboxylic acids is 1. The van der Waals surface area contributed by atoms with Crippen molar-refractivity contribution in [3.05, 3.63) is 11.8 Å². The van der Waals surface area contributed by atoms with E-state index in [2.05, 4.69) is 5.32 Å². The maximum atomic E-state index is 11.7. The normalized spacial score (nSPS) is 17.6. The van der Waals surface area contributed by atoms with E-state index in [-0.39, 0.29) is 17.5 Å².